The third-order valence-corrected chi connectivity index (χ3v) is 7.72. The Bertz CT molecular complexity index is 1290. The molecule has 33 heavy (non-hydrogen) atoms. The number of nitrogens with one attached hydrogen (secondary N) is 1. The van der Waals surface area contributed by atoms with Crippen molar-refractivity contribution in [2.75, 3.05) is 44.5 Å². The molecule has 3 aromatic rings. The second kappa shape index (κ2) is 9.63. The Morgan fingerprint density at radius 3 is 2.70 bits per heavy atom. The summed E-state index contributed by atoms with van der Waals surface area (Å²) in [5.74, 6) is 0.413. The maximum absolute atomic E-state index is 13.1. The molecule has 1 saturated heterocycles. The molecule has 176 valence electrons. The Kier molecular flexibility index (Phi) is 6.83. The quantitative estimate of drug-likeness (QED) is 0.488. The van der Waals surface area contributed by atoms with Crippen molar-refractivity contribution in [2.45, 2.75) is 23.9 Å². The number of hydrogen-bond donors (Lipinski definition) is 1. The van der Waals surface area contributed by atoms with Gasteiger partial charge in [0.05, 0.1) is 26.1 Å². The van der Waals surface area contributed by atoms with Crippen LogP contribution >= 0.6 is 11.8 Å². The topological polar surface area (TPSA) is 128 Å². The zero-order valence-corrected chi connectivity index (χ0v) is 20.1. The summed E-state index contributed by atoms with van der Waals surface area (Å²) in [6.45, 7) is 4.98. The largest absolute Gasteiger partial charge is 0.495 e. The summed E-state index contributed by atoms with van der Waals surface area (Å²) in [7, 11) is -2.39. The van der Waals surface area contributed by atoms with E-state index in [0.717, 1.165) is 11.4 Å². The van der Waals surface area contributed by atoms with Gasteiger partial charge < -0.3 is 14.8 Å². The summed E-state index contributed by atoms with van der Waals surface area (Å²) in [4.78, 5) is 21.2. The van der Waals surface area contributed by atoms with E-state index in [1.807, 2.05) is 19.9 Å². The first kappa shape index (κ1) is 23.4. The molecule has 2 aromatic heterocycles. The fraction of sp³-hybridized carbons (Fsp3) is 0.400. The second-order valence-corrected chi connectivity index (χ2v) is 10.2. The van der Waals surface area contributed by atoms with Gasteiger partial charge in [-0.1, -0.05) is 11.8 Å². The van der Waals surface area contributed by atoms with Crippen LogP contribution in [0.4, 0.5) is 5.69 Å². The summed E-state index contributed by atoms with van der Waals surface area (Å²) in [5.41, 5.74) is 2.09. The predicted octanol–water partition coefficient (Wildman–Crippen LogP) is 1.50. The highest BCUT2D eigenvalue weighted by Gasteiger charge is 2.29. The van der Waals surface area contributed by atoms with Crippen LogP contribution in [0.25, 0.3) is 5.78 Å². The van der Waals surface area contributed by atoms with Crippen LogP contribution in [0.2, 0.25) is 0 Å². The summed E-state index contributed by atoms with van der Waals surface area (Å²) in [5, 5.41) is 7.53. The van der Waals surface area contributed by atoms with E-state index in [1.165, 1.54) is 35.3 Å². The van der Waals surface area contributed by atoms with Crippen LogP contribution < -0.4 is 10.1 Å². The molecule has 0 radical (unpaired) electrons. The lowest BCUT2D eigenvalue weighted by Crippen LogP contribution is -2.40. The van der Waals surface area contributed by atoms with Crippen molar-refractivity contribution in [2.24, 2.45) is 0 Å². The molecule has 4 rings (SSSR count). The molecule has 1 amide bonds. The van der Waals surface area contributed by atoms with E-state index < -0.39 is 10.0 Å². The zero-order chi connectivity index (χ0) is 23.6. The van der Waals surface area contributed by atoms with Crippen molar-refractivity contribution in [3.8, 4) is 5.75 Å². The number of carbonyl (C=O) groups is 1. The molecule has 0 saturated carbocycles. The van der Waals surface area contributed by atoms with Crippen molar-refractivity contribution < 1.29 is 22.7 Å². The number of benzene rings is 1. The Labute approximate surface area is 195 Å². The minimum atomic E-state index is -3.80. The Balaban J connectivity index is 1.47. The molecule has 0 aliphatic carbocycles. The van der Waals surface area contributed by atoms with Crippen molar-refractivity contribution in [3.63, 3.8) is 0 Å². The van der Waals surface area contributed by atoms with Gasteiger partial charge in [-0.3, -0.25) is 4.79 Å². The van der Waals surface area contributed by atoms with Crippen molar-refractivity contribution in [1.82, 2.24) is 23.9 Å². The number of nitrogens with zero attached hydrogens (tertiary/aromatic N) is 5. The molecule has 1 aliphatic heterocycles. The molecule has 0 spiro atoms. The first-order chi connectivity index (χ1) is 15.8. The molecule has 1 aliphatic rings. The van der Waals surface area contributed by atoms with Gasteiger partial charge in [0.25, 0.3) is 5.78 Å². The fourth-order valence-corrected chi connectivity index (χ4v) is 5.63. The molecular formula is C20H24N6O5S2. The number of thioether (sulfide) groups is 1. The van der Waals surface area contributed by atoms with Crippen molar-refractivity contribution in [3.05, 3.63) is 35.7 Å². The molecule has 3 heterocycles. The van der Waals surface area contributed by atoms with Crippen LogP contribution in [0.3, 0.4) is 0 Å². The van der Waals surface area contributed by atoms with Gasteiger partial charge in [0.15, 0.2) is 0 Å². The number of anilines is 1. The van der Waals surface area contributed by atoms with Crippen LogP contribution in [0.15, 0.2) is 34.3 Å². The Morgan fingerprint density at radius 1 is 1.21 bits per heavy atom. The lowest BCUT2D eigenvalue weighted by Gasteiger charge is -2.26. The number of amides is 1. The average Bonchev–Trinajstić information content (AvgIpc) is 3.21. The van der Waals surface area contributed by atoms with E-state index in [-0.39, 0.29) is 35.4 Å². The second-order valence-electron chi connectivity index (χ2n) is 7.36. The predicted molar refractivity (Wildman–Crippen MR) is 122 cm³/mol. The highest BCUT2D eigenvalue weighted by Crippen LogP contribution is 2.30. The van der Waals surface area contributed by atoms with E-state index in [1.54, 1.807) is 10.6 Å². The number of methoxy groups -OCH3 is 1. The number of carbonyl (C=O) groups excluding carboxylic acids is 1. The number of fused-ring (bicyclic) bond motifs is 1. The van der Waals surface area contributed by atoms with Gasteiger partial charge in [0, 0.05) is 30.2 Å². The van der Waals surface area contributed by atoms with Crippen LogP contribution in [-0.4, -0.2) is 77.4 Å². The number of ether oxygens (including phenoxy) is 2. The smallest absolute Gasteiger partial charge is 0.253 e. The van der Waals surface area contributed by atoms with Gasteiger partial charge in [-0.2, -0.15) is 9.29 Å². The molecular weight excluding hydrogens is 468 g/mol. The van der Waals surface area contributed by atoms with E-state index in [4.69, 9.17) is 9.47 Å². The van der Waals surface area contributed by atoms with Crippen LogP contribution in [-0.2, 0) is 19.6 Å². The number of morpholine rings is 1. The van der Waals surface area contributed by atoms with Crippen LogP contribution in [0, 0.1) is 13.8 Å². The number of rotatable bonds is 7. The lowest BCUT2D eigenvalue weighted by molar-refractivity contribution is -0.113. The van der Waals surface area contributed by atoms with E-state index in [9.17, 15) is 13.2 Å². The van der Waals surface area contributed by atoms with Gasteiger partial charge in [-0.15, -0.1) is 5.10 Å². The maximum atomic E-state index is 13.1. The number of hydrogen-bond acceptors (Lipinski definition) is 9. The normalized spacial score (nSPS) is 15.0. The average molecular weight is 493 g/mol. The van der Waals surface area contributed by atoms with E-state index >= 15 is 0 Å². The summed E-state index contributed by atoms with van der Waals surface area (Å²) < 4.78 is 39.7. The maximum Gasteiger partial charge on any atom is 0.253 e. The van der Waals surface area contributed by atoms with Crippen molar-refractivity contribution in [1.29, 1.82) is 0 Å². The minimum absolute atomic E-state index is 0.00344. The van der Waals surface area contributed by atoms with Gasteiger partial charge in [-0.05, 0) is 38.1 Å². The molecule has 0 unspecified atom stereocenters. The SMILES string of the molecule is COc1ccc(NC(=O)CSc2nc3nc(C)cc(C)n3n2)cc1S(=O)(=O)N1CCOCC1. The van der Waals surface area contributed by atoms with Gasteiger partial charge in [0.2, 0.25) is 21.1 Å². The Morgan fingerprint density at radius 2 is 1.97 bits per heavy atom. The first-order valence-corrected chi connectivity index (χ1v) is 12.6. The lowest BCUT2D eigenvalue weighted by atomic mass is 10.3. The highest BCUT2D eigenvalue weighted by molar-refractivity contribution is 7.99. The molecule has 11 nitrogen and oxygen atoms in total. The van der Waals surface area contributed by atoms with E-state index in [0.29, 0.717) is 29.8 Å². The highest BCUT2D eigenvalue weighted by atomic mass is 32.2. The van der Waals surface area contributed by atoms with Crippen LogP contribution in [0.1, 0.15) is 11.4 Å². The Hall–Kier alpha value is -2.74. The number of sulfonamides is 1. The third kappa shape index (κ3) is 5.11. The molecule has 0 atom stereocenters. The van der Waals surface area contributed by atoms with Crippen LogP contribution in [0.5, 0.6) is 5.75 Å². The monoisotopic (exact) mass is 492 g/mol. The number of aromatic nitrogens is 4. The molecule has 0 bridgehead atoms. The fourth-order valence-electron chi connectivity index (χ4n) is 3.42. The minimum Gasteiger partial charge on any atom is -0.495 e. The third-order valence-electron chi connectivity index (χ3n) is 4.97. The zero-order valence-electron chi connectivity index (χ0n) is 18.4. The number of aryl methyl sites for hydroxylation is 2. The van der Waals surface area contributed by atoms with Crippen molar-refractivity contribution >= 4 is 39.2 Å². The van der Waals surface area contributed by atoms with Gasteiger partial charge >= 0.3 is 0 Å². The molecule has 13 heteroatoms. The van der Waals surface area contributed by atoms with Gasteiger partial charge in [-0.25, -0.2) is 17.9 Å². The van der Waals surface area contributed by atoms with Gasteiger partial charge in [0.1, 0.15) is 10.6 Å². The van der Waals surface area contributed by atoms with E-state index in [2.05, 4.69) is 20.4 Å². The summed E-state index contributed by atoms with van der Waals surface area (Å²) in [6, 6.07) is 6.43. The molecule has 1 N–H and O–H groups in total. The molecule has 1 aromatic carbocycles. The standard InChI is InChI=1S/C20H24N6O5S2/c1-13-10-14(2)26-19(21-13)23-20(24-26)32-12-18(27)22-15-4-5-16(30-3)17(11-15)33(28,29)25-6-8-31-9-7-25/h4-5,10-11H,6-9,12H2,1-3H3,(H,22,27). The first-order valence-electron chi connectivity index (χ1n) is 10.2. The summed E-state index contributed by atoms with van der Waals surface area (Å²) >= 11 is 1.17. The molecule has 1 fully saturated rings. The summed E-state index contributed by atoms with van der Waals surface area (Å²) in [6.07, 6.45) is 0.